The largest absolute Gasteiger partial charge is 0.459 e. The molecule has 1 aliphatic carbocycles. The lowest BCUT2D eigenvalue weighted by molar-refractivity contribution is 0.0925. The minimum atomic E-state index is -0.145. The fraction of sp³-hybridized carbons (Fsp3) is 0.667. The fourth-order valence-corrected chi connectivity index (χ4v) is 3.71. The average molecular weight is 460 g/mol. The number of guanidine groups is 1. The Hall–Kier alpha value is -1.25. The number of hydrogen-bond donors (Lipinski definition) is 2. The molecule has 0 unspecified atom stereocenters. The van der Waals surface area contributed by atoms with Crippen molar-refractivity contribution >= 4 is 35.8 Å². The number of aryl methyl sites for hydroxylation is 1. The first kappa shape index (κ1) is 20.1. The number of amides is 1. The van der Waals surface area contributed by atoms with E-state index < -0.39 is 0 Å². The summed E-state index contributed by atoms with van der Waals surface area (Å²) in [7, 11) is 1.84. The van der Waals surface area contributed by atoms with Crippen LogP contribution in [0.15, 0.2) is 21.7 Å². The molecule has 1 aromatic rings. The van der Waals surface area contributed by atoms with Crippen LogP contribution >= 0.6 is 24.0 Å². The molecule has 2 N–H and O–H groups in total. The summed E-state index contributed by atoms with van der Waals surface area (Å²) < 4.78 is 5.19. The van der Waals surface area contributed by atoms with Gasteiger partial charge in [0.05, 0.1) is 6.26 Å². The maximum absolute atomic E-state index is 11.9. The molecule has 0 aromatic carbocycles. The number of furan rings is 1. The van der Waals surface area contributed by atoms with E-state index in [1.54, 1.807) is 12.3 Å². The van der Waals surface area contributed by atoms with Gasteiger partial charge in [0.1, 0.15) is 0 Å². The Morgan fingerprint density at radius 1 is 1.32 bits per heavy atom. The van der Waals surface area contributed by atoms with E-state index in [1.807, 2.05) is 14.0 Å². The molecule has 1 spiro atoms. The molecular weight excluding hydrogens is 431 g/mol. The second-order valence-corrected chi connectivity index (χ2v) is 7.04. The predicted octanol–water partition coefficient (Wildman–Crippen LogP) is 2.78. The Balaban J connectivity index is 0.00000225. The number of carbonyl (C=O) groups is 1. The second-order valence-electron chi connectivity index (χ2n) is 7.04. The third-order valence-corrected chi connectivity index (χ3v) is 5.35. The zero-order valence-corrected chi connectivity index (χ0v) is 17.5. The molecule has 6 nitrogen and oxygen atoms in total. The van der Waals surface area contributed by atoms with Crippen LogP contribution in [0, 0.1) is 12.3 Å². The number of nitrogens with zero attached hydrogens (tertiary/aromatic N) is 2. The molecule has 25 heavy (non-hydrogen) atoms. The molecule has 0 radical (unpaired) electrons. The maximum Gasteiger partial charge on any atom is 0.287 e. The normalized spacial score (nSPS) is 18.6. The number of rotatable bonds is 5. The molecule has 7 heteroatoms. The van der Waals surface area contributed by atoms with Crippen LogP contribution in [0.4, 0.5) is 0 Å². The monoisotopic (exact) mass is 460 g/mol. The molecule has 2 heterocycles. The Labute approximate surface area is 166 Å². The molecular formula is C18H29IN4O2. The molecule has 0 bridgehead atoms. The third-order valence-electron chi connectivity index (χ3n) is 5.35. The molecule has 1 saturated carbocycles. The van der Waals surface area contributed by atoms with E-state index in [0.717, 1.165) is 37.6 Å². The summed E-state index contributed by atoms with van der Waals surface area (Å²) >= 11 is 0. The summed E-state index contributed by atoms with van der Waals surface area (Å²) in [5.74, 6) is 1.25. The highest BCUT2D eigenvalue weighted by Gasteiger charge is 2.43. The van der Waals surface area contributed by atoms with Crippen LogP contribution in [0.5, 0.6) is 0 Å². The molecule has 1 aliphatic heterocycles. The minimum Gasteiger partial charge on any atom is -0.459 e. The van der Waals surface area contributed by atoms with Crippen molar-refractivity contribution in [3.63, 3.8) is 0 Å². The summed E-state index contributed by atoms with van der Waals surface area (Å²) in [5.41, 5.74) is 1.44. The number of halogens is 1. The van der Waals surface area contributed by atoms with E-state index >= 15 is 0 Å². The molecule has 140 valence electrons. The van der Waals surface area contributed by atoms with Gasteiger partial charge in [-0.25, -0.2) is 0 Å². The number of nitrogens with one attached hydrogen (secondary N) is 2. The molecule has 1 aromatic heterocycles. The third kappa shape index (κ3) is 4.68. The molecule has 0 atom stereocenters. The fourth-order valence-electron chi connectivity index (χ4n) is 3.71. The van der Waals surface area contributed by atoms with Crippen molar-refractivity contribution in [2.75, 3.05) is 33.2 Å². The van der Waals surface area contributed by atoms with E-state index in [2.05, 4.69) is 20.5 Å². The van der Waals surface area contributed by atoms with Crippen molar-refractivity contribution in [1.29, 1.82) is 0 Å². The lowest BCUT2D eigenvalue weighted by Gasteiger charge is -2.38. The SMILES string of the molecule is CN=C(NCCCNC(=O)c1occc1C)N1CCC2(CCC2)C1.I. The van der Waals surface area contributed by atoms with Crippen molar-refractivity contribution in [2.24, 2.45) is 10.4 Å². The van der Waals surface area contributed by atoms with Gasteiger partial charge in [-0.1, -0.05) is 6.42 Å². The highest BCUT2D eigenvalue weighted by Crippen LogP contribution is 2.47. The smallest absolute Gasteiger partial charge is 0.287 e. The Morgan fingerprint density at radius 2 is 2.08 bits per heavy atom. The lowest BCUT2D eigenvalue weighted by Crippen LogP contribution is -2.43. The molecule has 2 fully saturated rings. The van der Waals surface area contributed by atoms with Gasteiger partial charge in [-0.3, -0.25) is 9.79 Å². The van der Waals surface area contributed by atoms with Gasteiger partial charge in [0.2, 0.25) is 0 Å². The summed E-state index contributed by atoms with van der Waals surface area (Å²) in [5, 5.41) is 6.31. The average Bonchev–Trinajstić information content (AvgIpc) is 3.17. The number of carbonyl (C=O) groups excluding carboxylic acids is 1. The first-order valence-electron chi connectivity index (χ1n) is 8.91. The van der Waals surface area contributed by atoms with Crippen molar-refractivity contribution in [2.45, 2.75) is 39.0 Å². The molecule has 1 amide bonds. The summed E-state index contributed by atoms with van der Waals surface area (Å²) in [6.45, 7) is 5.53. The molecule has 3 rings (SSSR count). The standard InChI is InChI=1S/C18H28N4O2.HI/c1-14-5-12-24-15(14)16(23)20-9-4-10-21-17(19-2)22-11-8-18(13-22)6-3-7-18;/h5,12H,3-4,6-11,13H2,1-2H3,(H,19,21)(H,20,23);1H. The van der Waals surface area contributed by atoms with Crippen LogP contribution in [0.1, 0.15) is 48.2 Å². The highest BCUT2D eigenvalue weighted by atomic mass is 127. The van der Waals surface area contributed by atoms with Crippen molar-refractivity contribution in [3.05, 3.63) is 23.7 Å². The Bertz CT molecular complexity index is 610. The number of hydrogen-bond acceptors (Lipinski definition) is 3. The van der Waals surface area contributed by atoms with Crippen LogP contribution in [-0.2, 0) is 0 Å². The van der Waals surface area contributed by atoms with Crippen LogP contribution in [0.3, 0.4) is 0 Å². The molecule has 1 saturated heterocycles. The van der Waals surface area contributed by atoms with E-state index in [4.69, 9.17) is 4.42 Å². The van der Waals surface area contributed by atoms with Gasteiger partial charge in [0.25, 0.3) is 5.91 Å². The first-order chi connectivity index (χ1) is 11.6. The predicted molar refractivity (Wildman–Crippen MR) is 110 cm³/mol. The van der Waals surface area contributed by atoms with Crippen LogP contribution < -0.4 is 10.6 Å². The minimum absolute atomic E-state index is 0. The van der Waals surface area contributed by atoms with Gasteiger partial charge < -0.3 is 20.0 Å². The van der Waals surface area contributed by atoms with Gasteiger partial charge in [-0.2, -0.15) is 0 Å². The van der Waals surface area contributed by atoms with Crippen molar-refractivity contribution in [1.82, 2.24) is 15.5 Å². The highest BCUT2D eigenvalue weighted by molar-refractivity contribution is 14.0. The lowest BCUT2D eigenvalue weighted by atomic mass is 9.68. The number of aliphatic imine (C=N–C) groups is 1. The van der Waals surface area contributed by atoms with Crippen LogP contribution in [-0.4, -0.2) is 50.0 Å². The summed E-state index contributed by atoms with van der Waals surface area (Å²) in [6.07, 6.45) is 7.82. The van der Waals surface area contributed by atoms with Gasteiger partial charge in [0.15, 0.2) is 11.7 Å². The van der Waals surface area contributed by atoms with E-state index in [9.17, 15) is 4.79 Å². The van der Waals surface area contributed by atoms with Gasteiger partial charge in [-0.05, 0) is 44.1 Å². The topological polar surface area (TPSA) is 69.9 Å². The van der Waals surface area contributed by atoms with Crippen LogP contribution in [0.2, 0.25) is 0 Å². The van der Waals surface area contributed by atoms with Gasteiger partial charge in [-0.15, -0.1) is 24.0 Å². The van der Waals surface area contributed by atoms with E-state index in [0.29, 0.717) is 17.7 Å². The zero-order valence-electron chi connectivity index (χ0n) is 15.1. The zero-order chi connectivity index (χ0) is 17.0. The van der Waals surface area contributed by atoms with Crippen molar-refractivity contribution < 1.29 is 9.21 Å². The maximum atomic E-state index is 11.9. The first-order valence-corrected chi connectivity index (χ1v) is 8.91. The second kappa shape index (κ2) is 8.91. The van der Waals surface area contributed by atoms with Gasteiger partial charge >= 0.3 is 0 Å². The summed E-state index contributed by atoms with van der Waals surface area (Å²) in [4.78, 5) is 18.7. The Morgan fingerprint density at radius 3 is 2.64 bits per heavy atom. The number of likely N-dealkylation sites (tertiary alicyclic amines) is 1. The van der Waals surface area contributed by atoms with E-state index in [-0.39, 0.29) is 29.9 Å². The Kier molecular flexibility index (Phi) is 7.15. The van der Waals surface area contributed by atoms with Gasteiger partial charge in [0, 0.05) is 38.8 Å². The van der Waals surface area contributed by atoms with E-state index in [1.165, 1.54) is 25.7 Å². The summed E-state index contributed by atoms with van der Waals surface area (Å²) in [6, 6.07) is 1.80. The van der Waals surface area contributed by atoms with Crippen molar-refractivity contribution in [3.8, 4) is 0 Å². The van der Waals surface area contributed by atoms with Crippen LogP contribution in [0.25, 0.3) is 0 Å². The quantitative estimate of drug-likeness (QED) is 0.307. The molecule has 2 aliphatic rings.